The number of carbonyl (C=O) groups is 5. The highest BCUT2D eigenvalue weighted by atomic mass is 16.5. The zero-order chi connectivity index (χ0) is 38.4. The first-order valence-electron chi connectivity index (χ1n) is 19.5. The lowest BCUT2D eigenvalue weighted by molar-refractivity contribution is -0.146. The zero-order valence-electron chi connectivity index (χ0n) is 31.6. The minimum absolute atomic E-state index is 0.0386. The Hall–Kier alpha value is -4.77. The van der Waals surface area contributed by atoms with E-state index in [0.717, 1.165) is 54.0 Å². The molecule has 3 aliphatic rings. The summed E-state index contributed by atoms with van der Waals surface area (Å²) in [6.45, 7) is 5.40. The van der Waals surface area contributed by atoms with Gasteiger partial charge in [0.05, 0.1) is 12.7 Å². The maximum atomic E-state index is 14.6. The van der Waals surface area contributed by atoms with Gasteiger partial charge in [0.1, 0.15) is 23.7 Å². The Balaban J connectivity index is 1.21. The minimum atomic E-state index is -1.42. The molecule has 3 fully saturated rings. The van der Waals surface area contributed by atoms with Crippen molar-refractivity contribution >= 4 is 40.4 Å². The van der Waals surface area contributed by atoms with Gasteiger partial charge in [-0.1, -0.05) is 106 Å². The average molecular weight is 739 g/mol. The SMILES string of the molecule is CC(=O)N[C@H](C(=O)N[C@H](C(=O)N1C[C@H](OCc2cccc3ccccc23)C[C@H]1C(=O)N[C@]1(C(=O)O)C[C@H]1CCc1ccccc1)C(C)C)C1CCCCC1. The van der Waals surface area contributed by atoms with Crippen LogP contribution >= 0.6 is 0 Å². The van der Waals surface area contributed by atoms with Gasteiger partial charge in [0.2, 0.25) is 23.6 Å². The molecule has 4 N–H and O–H groups in total. The number of carbonyl (C=O) groups excluding carboxylic acids is 4. The number of likely N-dealkylation sites (tertiary alicyclic amines) is 1. The summed E-state index contributed by atoms with van der Waals surface area (Å²) in [6.07, 6.45) is 5.87. The number of nitrogens with zero attached hydrogens (tertiary/aromatic N) is 1. The van der Waals surface area contributed by atoms with E-state index in [0.29, 0.717) is 19.3 Å². The van der Waals surface area contributed by atoms with Crippen molar-refractivity contribution in [3.05, 3.63) is 83.9 Å². The van der Waals surface area contributed by atoms with Gasteiger partial charge in [0.25, 0.3) is 0 Å². The van der Waals surface area contributed by atoms with Crippen LogP contribution in [-0.4, -0.2) is 75.9 Å². The molecule has 11 nitrogen and oxygen atoms in total. The smallest absolute Gasteiger partial charge is 0.329 e. The number of benzene rings is 3. The van der Waals surface area contributed by atoms with Gasteiger partial charge in [-0.3, -0.25) is 19.2 Å². The van der Waals surface area contributed by atoms with E-state index in [1.165, 1.54) is 11.8 Å². The van der Waals surface area contributed by atoms with Crippen molar-refractivity contribution in [2.24, 2.45) is 17.8 Å². The van der Waals surface area contributed by atoms with Gasteiger partial charge in [-0.25, -0.2) is 4.79 Å². The molecule has 1 saturated heterocycles. The lowest BCUT2D eigenvalue weighted by Gasteiger charge is -2.34. The van der Waals surface area contributed by atoms with Gasteiger partial charge in [0.15, 0.2) is 0 Å². The quantitative estimate of drug-likeness (QED) is 0.168. The van der Waals surface area contributed by atoms with E-state index < -0.39 is 53.5 Å². The van der Waals surface area contributed by atoms with Gasteiger partial charge in [-0.2, -0.15) is 0 Å². The number of nitrogens with one attached hydrogen (secondary N) is 3. The predicted octanol–water partition coefficient (Wildman–Crippen LogP) is 5.14. The van der Waals surface area contributed by atoms with E-state index in [1.54, 1.807) is 0 Å². The van der Waals surface area contributed by atoms with Gasteiger partial charge in [-0.15, -0.1) is 0 Å². The average Bonchev–Trinajstić information content (AvgIpc) is 3.71. The first-order chi connectivity index (χ1) is 26.0. The van der Waals surface area contributed by atoms with Crippen molar-refractivity contribution < 1.29 is 33.8 Å². The topological polar surface area (TPSA) is 154 Å². The second-order valence-electron chi connectivity index (χ2n) is 15.8. The van der Waals surface area contributed by atoms with Crippen LogP contribution in [0.1, 0.15) is 83.3 Å². The molecule has 4 amide bonds. The highest BCUT2D eigenvalue weighted by Gasteiger charge is 2.62. The number of amides is 4. The zero-order valence-corrected chi connectivity index (χ0v) is 31.6. The minimum Gasteiger partial charge on any atom is -0.479 e. The Morgan fingerprint density at radius 1 is 0.907 bits per heavy atom. The molecule has 0 unspecified atom stereocenters. The largest absolute Gasteiger partial charge is 0.479 e. The number of carboxylic acids is 1. The third-order valence-electron chi connectivity index (χ3n) is 11.7. The molecule has 288 valence electrons. The molecule has 0 spiro atoms. The van der Waals surface area contributed by atoms with E-state index in [2.05, 4.69) is 16.0 Å². The van der Waals surface area contributed by atoms with Gasteiger partial charge < -0.3 is 30.7 Å². The Kier molecular flexibility index (Phi) is 12.4. The summed E-state index contributed by atoms with van der Waals surface area (Å²) < 4.78 is 6.42. The first-order valence-corrected chi connectivity index (χ1v) is 19.5. The van der Waals surface area contributed by atoms with E-state index in [1.807, 2.05) is 86.6 Å². The molecule has 6 atom stereocenters. The molecule has 3 aromatic carbocycles. The van der Waals surface area contributed by atoms with Gasteiger partial charge in [-0.05, 0) is 71.8 Å². The van der Waals surface area contributed by atoms with E-state index in [4.69, 9.17) is 4.74 Å². The van der Waals surface area contributed by atoms with E-state index in [-0.39, 0.29) is 43.2 Å². The second-order valence-corrected chi connectivity index (χ2v) is 15.8. The van der Waals surface area contributed by atoms with Crippen LogP contribution in [0.25, 0.3) is 10.8 Å². The molecule has 0 radical (unpaired) electrons. The number of carboxylic acid groups (broad SMARTS) is 1. The molecule has 0 bridgehead atoms. The molecule has 54 heavy (non-hydrogen) atoms. The van der Waals surface area contributed by atoms with Crippen molar-refractivity contribution in [2.45, 2.75) is 115 Å². The van der Waals surface area contributed by atoms with Crippen LogP contribution in [0.5, 0.6) is 0 Å². The van der Waals surface area contributed by atoms with Crippen molar-refractivity contribution in [3.63, 3.8) is 0 Å². The number of hydrogen-bond donors (Lipinski definition) is 4. The summed E-state index contributed by atoms with van der Waals surface area (Å²) in [7, 11) is 0. The van der Waals surface area contributed by atoms with Crippen LogP contribution in [0.4, 0.5) is 0 Å². The Morgan fingerprint density at radius 2 is 1.61 bits per heavy atom. The molecule has 3 aromatic rings. The molecule has 6 rings (SSSR count). The fourth-order valence-electron chi connectivity index (χ4n) is 8.49. The Bertz CT molecular complexity index is 1820. The highest BCUT2D eigenvalue weighted by Crippen LogP contribution is 2.47. The van der Waals surface area contributed by atoms with Crippen molar-refractivity contribution in [1.82, 2.24) is 20.9 Å². The number of hydrogen-bond acceptors (Lipinski definition) is 6. The monoisotopic (exact) mass is 738 g/mol. The van der Waals surface area contributed by atoms with Gasteiger partial charge >= 0.3 is 5.97 Å². The van der Waals surface area contributed by atoms with E-state index >= 15 is 0 Å². The number of aliphatic carboxylic acids is 1. The van der Waals surface area contributed by atoms with Crippen LogP contribution in [0.2, 0.25) is 0 Å². The number of aryl methyl sites for hydroxylation is 1. The summed E-state index contributed by atoms with van der Waals surface area (Å²) in [6, 6.07) is 21.1. The summed E-state index contributed by atoms with van der Waals surface area (Å²) >= 11 is 0. The lowest BCUT2D eigenvalue weighted by atomic mass is 9.83. The van der Waals surface area contributed by atoms with Crippen LogP contribution in [0, 0.1) is 17.8 Å². The van der Waals surface area contributed by atoms with Crippen molar-refractivity contribution in [1.29, 1.82) is 0 Å². The van der Waals surface area contributed by atoms with Crippen molar-refractivity contribution in [3.8, 4) is 0 Å². The predicted molar refractivity (Wildman–Crippen MR) is 205 cm³/mol. The molecular formula is C43H54N4O7. The summed E-state index contributed by atoms with van der Waals surface area (Å²) in [5.74, 6) is -3.45. The summed E-state index contributed by atoms with van der Waals surface area (Å²) in [5.41, 5.74) is 0.654. The molecular weight excluding hydrogens is 684 g/mol. The molecule has 0 aromatic heterocycles. The maximum absolute atomic E-state index is 14.6. The fourth-order valence-corrected chi connectivity index (χ4v) is 8.49. The standard InChI is InChI=1S/C43H54N4O7/c1-27(2)37(45-40(50)38(44-28(3)48)31-16-8-5-9-17-31)41(51)47-25-34(54-26-32-19-12-18-30-15-10-11-20-35(30)32)23-36(47)39(49)46-43(42(52)53)24-33(43)22-21-29-13-6-4-7-14-29/h4,6-7,10-15,18-20,27,31,33-34,36-38H,5,8-9,16-17,21-26H2,1-3H3,(H,44,48)(H,45,50)(H,46,49)(H,52,53)/t33-,34-,36+,37+,38+,43-/m1/s1. The van der Waals surface area contributed by atoms with Crippen LogP contribution in [-0.2, 0) is 41.7 Å². The molecule has 1 aliphatic heterocycles. The lowest BCUT2D eigenvalue weighted by Crippen LogP contribution is -2.60. The van der Waals surface area contributed by atoms with Crippen LogP contribution in [0.15, 0.2) is 72.8 Å². The van der Waals surface area contributed by atoms with Gasteiger partial charge in [0, 0.05) is 19.9 Å². The summed E-state index contributed by atoms with van der Waals surface area (Å²) in [5, 5.41) is 21.2. The van der Waals surface area contributed by atoms with Crippen LogP contribution < -0.4 is 16.0 Å². The summed E-state index contributed by atoms with van der Waals surface area (Å²) in [4.78, 5) is 69.0. The number of rotatable bonds is 15. The molecule has 11 heteroatoms. The van der Waals surface area contributed by atoms with Crippen molar-refractivity contribution in [2.75, 3.05) is 6.54 Å². The Morgan fingerprint density at radius 3 is 2.31 bits per heavy atom. The maximum Gasteiger partial charge on any atom is 0.329 e. The number of ether oxygens (including phenoxy) is 1. The fraction of sp³-hybridized carbons (Fsp3) is 0.512. The van der Waals surface area contributed by atoms with E-state index in [9.17, 15) is 29.1 Å². The normalized spacial score (nSPS) is 23.8. The third-order valence-corrected chi connectivity index (χ3v) is 11.7. The third kappa shape index (κ3) is 8.94. The molecule has 1 heterocycles. The van der Waals surface area contributed by atoms with Crippen LogP contribution in [0.3, 0.4) is 0 Å². The second kappa shape index (κ2) is 17.1. The first kappa shape index (κ1) is 38.9. The molecule has 2 aliphatic carbocycles. The Labute approximate surface area is 317 Å². The highest BCUT2D eigenvalue weighted by molar-refractivity contribution is 5.97. The number of fused-ring (bicyclic) bond motifs is 1. The molecule has 2 saturated carbocycles.